The number of morpholine rings is 1. The summed E-state index contributed by atoms with van der Waals surface area (Å²) in [5.74, 6) is 0.597. The van der Waals surface area contributed by atoms with Crippen molar-refractivity contribution in [3.8, 4) is 21.8 Å². The van der Waals surface area contributed by atoms with E-state index in [1.807, 2.05) is 18.3 Å². The third-order valence-corrected chi connectivity index (χ3v) is 4.63. The lowest BCUT2D eigenvalue weighted by Crippen LogP contribution is -2.36. The Kier molecular flexibility index (Phi) is 3.53. The van der Waals surface area contributed by atoms with Crippen molar-refractivity contribution < 1.29 is 4.74 Å². The topological polar surface area (TPSA) is 79.8 Å². The Balaban J connectivity index is 1.62. The molecule has 3 aromatic rings. The highest BCUT2D eigenvalue weighted by molar-refractivity contribution is 7.18. The number of ether oxygens (including phenoxy) is 1. The Hall–Kier alpha value is -2.32. The summed E-state index contributed by atoms with van der Waals surface area (Å²) in [6.07, 6.45) is 1.92. The van der Waals surface area contributed by atoms with Crippen LogP contribution in [-0.2, 0) is 4.74 Å². The van der Waals surface area contributed by atoms with Crippen molar-refractivity contribution in [1.29, 1.82) is 0 Å². The van der Waals surface area contributed by atoms with Crippen molar-refractivity contribution in [2.24, 2.45) is 0 Å². The lowest BCUT2D eigenvalue weighted by Gasteiger charge is -2.25. The van der Waals surface area contributed by atoms with Crippen molar-refractivity contribution in [1.82, 2.24) is 25.6 Å². The fraction of sp³-hybridized carbons (Fsp3) is 0.286. The highest BCUT2D eigenvalue weighted by atomic mass is 32.1. The van der Waals surface area contributed by atoms with E-state index in [1.54, 1.807) is 11.3 Å². The Labute approximate surface area is 131 Å². The lowest BCUT2D eigenvalue weighted by molar-refractivity contribution is 0.122. The van der Waals surface area contributed by atoms with Crippen LogP contribution in [0.5, 0.6) is 0 Å². The standard InChI is InChI=1S/C14H14N6OS/c1-2-10(8-11(3-1)13-16-18-19-17-13)12-9-15-14(22-12)20-4-6-21-7-5-20/h1-3,8-9H,4-7H2,(H,16,17,18,19). The number of aromatic amines is 1. The summed E-state index contributed by atoms with van der Waals surface area (Å²) >= 11 is 1.69. The van der Waals surface area contributed by atoms with E-state index in [0.29, 0.717) is 5.82 Å². The molecule has 1 fully saturated rings. The number of nitrogens with one attached hydrogen (secondary N) is 1. The predicted octanol–water partition coefficient (Wildman–Crippen LogP) is 1.83. The molecule has 0 spiro atoms. The first kappa shape index (κ1) is 13.4. The van der Waals surface area contributed by atoms with E-state index in [4.69, 9.17) is 4.74 Å². The summed E-state index contributed by atoms with van der Waals surface area (Å²) < 4.78 is 5.38. The summed E-state index contributed by atoms with van der Waals surface area (Å²) in [4.78, 5) is 7.94. The number of tetrazole rings is 1. The van der Waals surface area contributed by atoms with Crippen LogP contribution in [0.1, 0.15) is 0 Å². The summed E-state index contributed by atoms with van der Waals surface area (Å²) in [5.41, 5.74) is 2.05. The number of anilines is 1. The Morgan fingerprint density at radius 3 is 2.86 bits per heavy atom. The Morgan fingerprint density at radius 2 is 2.05 bits per heavy atom. The lowest BCUT2D eigenvalue weighted by atomic mass is 10.1. The van der Waals surface area contributed by atoms with Crippen molar-refractivity contribution in [3.63, 3.8) is 0 Å². The van der Waals surface area contributed by atoms with Gasteiger partial charge >= 0.3 is 0 Å². The molecule has 22 heavy (non-hydrogen) atoms. The van der Waals surface area contributed by atoms with Gasteiger partial charge in [0.15, 0.2) is 5.13 Å². The van der Waals surface area contributed by atoms with Crippen LogP contribution in [0.25, 0.3) is 21.8 Å². The van der Waals surface area contributed by atoms with Gasteiger partial charge in [-0.1, -0.05) is 29.5 Å². The maximum atomic E-state index is 5.38. The molecular weight excluding hydrogens is 300 g/mol. The molecule has 1 aliphatic rings. The number of hydrogen-bond acceptors (Lipinski definition) is 7. The molecule has 0 amide bonds. The molecule has 112 valence electrons. The van der Waals surface area contributed by atoms with Gasteiger partial charge < -0.3 is 9.64 Å². The molecule has 8 heteroatoms. The van der Waals surface area contributed by atoms with Crippen LogP contribution in [0.4, 0.5) is 5.13 Å². The van der Waals surface area contributed by atoms with Gasteiger partial charge in [-0.2, -0.15) is 5.21 Å². The van der Waals surface area contributed by atoms with E-state index in [9.17, 15) is 0 Å². The molecule has 3 heterocycles. The molecule has 0 radical (unpaired) electrons. The number of nitrogens with zero attached hydrogens (tertiary/aromatic N) is 5. The van der Waals surface area contributed by atoms with E-state index in [0.717, 1.165) is 47.4 Å². The molecule has 4 rings (SSSR count). The third kappa shape index (κ3) is 2.58. The Bertz CT molecular complexity index is 750. The van der Waals surface area contributed by atoms with Gasteiger partial charge in [0.2, 0.25) is 5.82 Å². The second kappa shape index (κ2) is 5.82. The van der Waals surface area contributed by atoms with Crippen LogP contribution >= 0.6 is 11.3 Å². The van der Waals surface area contributed by atoms with E-state index in [-0.39, 0.29) is 0 Å². The number of H-pyrrole nitrogens is 1. The summed E-state index contributed by atoms with van der Waals surface area (Å²) in [7, 11) is 0. The molecule has 0 unspecified atom stereocenters. The van der Waals surface area contributed by atoms with Crippen LogP contribution < -0.4 is 4.90 Å². The van der Waals surface area contributed by atoms with Crippen LogP contribution in [0, 0.1) is 0 Å². The quantitative estimate of drug-likeness (QED) is 0.794. The smallest absolute Gasteiger partial charge is 0.204 e. The third-order valence-electron chi connectivity index (χ3n) is 3.53. The van der Waals surface area contributed by atoms with Crippen LogP contribution in [-0.4, -0.2) is 51.9 Å². The SMILES string of the molecule is c1cc(-c2nn[nH]n2)cc(-c2cnc(N3CCOCC3)s2)c1. The summed E-state index contributed by atoms with van der Waals surface area (Å²) in [6, 6.07) is 8.09. The molecular formula is C14H14N6OS. The number of rotatable bonds is 3. The number of benzene rings is 1. The zero-order chi connectivity index (χ0) is 14.8. The summed E-state index contributed by atoms with van der Waals surface area (Å²) in [6.45, 7) is 3.33. The minimum absolute atomic E-state index is 0.597. The monoisotopic (exact) mass is 314 g/mol. The molecule has 0 aliphatic carbocycles. The van der Waals surface area contributed by atoms with Crippen molar-refractivity contribution in [2.45, 2.75) is 0 Å². The first-order valence-corrected chi connectivity index (χ1v) is 7.84. The average molecular weight is 314 g/mol. The number of hydrogen-bond donors (Lipinski definition) is 1. The number of aromatic nitrogens is 5. The van der Waals surface area contributed by atoms with Crippen molar-refractivity contribution in [2.75, 3.05) is 31.2 Å². The first-order valence-electron chi connectivity index (χ1n) is 7.03. The predicted molar refractivity (Wildman–Crippen MR) is 83.8 cm³/mol. The average Bonchev–Trinajstić information content (AvgIpc) is 3.28. The minimum atomic E-state index is 0.597. The maximum Gasteiger partial charge on any atom is 0.204 e. The fourth-order valence-corrected chi connectivity index (χ4v) is 3.36. The first-order chi connectivity index (χ1) is 10.9. The molecule has 0 bridgehead atoms. The summed E-state index contributed by atoms with van der Waals surface area (Å²) in [5, 5.41) is 15.2. The molecule has 0 saturated carbocycles. The van der Waals surface area contributed by atoms with Gasteiger partial charge in [-0.15, -0.1) is 10.2 Å². The van der Waals surface area contributed by atoms with Gasteiger partial charge in [-0.05, 0) is 16.8 Å². The fourth-order valence-electron chi connectivity index (χ4n) is 2.39. The van der Waals surface area contributed by atoms with E-state index in [1.165, 1.54) is 0 Å². The second-order valence-corrected chi connectivity index (χ2v) is 5.93. The molecule has 1 aliphatic heterocycles. The van der Waals surface area contributed by atoms with Crippen LogP contribution in [0.3, 0.4) is 0 Å². The Morgan fingerprint density at radius 1 is 1.18 bits per heavy atom. The molecule has 1 aromatic carbocycles. The molecule has 7 nitrogen and oxygen atoms in total. The van der Waals surface area contributed by atoms with Gasteiger partial charge in [0, 0.05) is 24.8 Å². The largest absolute Gasteiger partial charge is 0.378 e. The van der Waals surface area contributed by atoms with Crippen molar-refractivity contribution in [3.05, 3.63) is 30.5 Å². The molecule has 2 aromatic heterocycles. The number of thiazole rings is 1. The highest BCUT2D eigenvalue weighted by Crippen LogP contribution is 2.32. The highest BCUT2D eigenvalue weighted by Gasteiger charge is 2.15. The van der Waals surface area contributed by atoms with E-state index >= 15 is 0 Å². The van der Waals surface area contributed by atoms with Gasteiger partial charge in [-0.3, -0.25) is 0 Å². The zero-order valence-corrected chi connectivity index (χ0v) is 12.6. The van der Waals surface area contributed by atoms with Crippen LogP contribution in [0.2, 0.25) is 0 Å². The van der Waals surface area contributed by atoms with Crippen LogP contribution in [0.15, 0.2) is 30.5 Å². The zero-order valence-electron chi connectivity index (χ0n) is 11.8. The second-order valence-electron chi connectivity index (χ2n) is 4.92. The normalized spacial score (nSPS) is 15.2. The van der Waals surface area contributed by atoms with Gasteiger partial charge in [0.05, 0.1) is 18.1 Å². The minimum Gasteiger partial charge on any atom is -0.378 e. The van der Waals surface area contributed by atoms with Gasteiger partial charge in [0.1, 0.15) is 0 Å². The molecule has 1 saturated heterocycles. The van der Waals surface area contributed by atoms with Crippen molar-refractivity contribution >= 4 is 16.5 Å². The van der Waals surface area contributed by atoms with Gasteiger partial charge in [-0.25, -0.2) is 4.98 Å². The maximum absolute atomic E-state index is 5.38. The molecule has 0 atom stereocenters. The van der Waals surface area contributed by atoms with E-state index in [2.05, 4.69) is 42.6 Å². The van der Waals surface area contributed by atoms with E-state index < -0.39 is 0 Å². The van der Waals surface area contributed by atoms with Gasteiger partial charge in [0.25, 0.3) is 0 Å². The molecule has 1 N–H and O–H groups in total.